The second-order valence-electron chi connectivity index (χ2n) is 7.12. The van der Waals surface area contributed by atoms with Crippen LogP contribution in [0.15, 0.2) is 40.1 Å². The Morgan fingerprint density at radius 3 is 2.61 bits per heavy atom. The van der Waals surface area contributed by atoms with Gasteiger partial charge in [-0.1, -0.05) is 12.1 Å². The highest BCUT2D eigenvalue weighted by Gasteiger charge is 2.45. The Hall–Kier alpha value is -2.52. The number of hydrogen-bond acceptors (Lipinski definition) is 6. The summed E-state index contributed by atoms with van der Waals surface area (Å²) < 4.78 is 0. The summed E-state index contributed by atoms with van der Waals surface area (Å²) in [4.78, 5) is 42.6. The standard InChI is InChI=1S/C19H18N4O3S2/c24-17-10-21(12-5-6-12)19(26)22(17)11-18(25)23-14(16-4-2-8-28-16)9-13(20-23)15-3-1-7-27-15/h1-4,7-8,12,14H,5-6,9-11H2. The molecule has 0 spiro atoms. The van der Waals surface area contributed by atoms with Crippen molar-refractivity contribution in [1.82, 2.24) is 14.8 Å². The molecule has 28 heavy (non-hydrogen) atoms. The quantitative estimate of drug-likeness (QED) is 0.706. The van der Waals surface area contributed by atoms with Crippen molar-refractivity contribution < 1.29 is 14.4 Å². The van der Waals surface area contributed by atoms with Gasteiger partial charge in [0.2, 0.25) is 0 Å². The van der Waals surface area contributed by atoms with E-state index in [0.717, 1.165) is 33.2 Å². The normalized spacial score (nSPS) is 22.4. The van der Waals surface area contributed by atoms with Gasteiger partial charge in [-0.25, -0.2) is 9.80 Å². The van der Waals surface area contributed by atoms with Gasteiger partial charge in [-0.3, -0.25) is 14.5 Å². The Bertz CT molecular complexity index is 950. The first-order chi connectivity index (χ1) is 13.6. The molecule has 1 saturated carbocycles. The Morgan fingerprint density at radius 2 is 1.93 bits per heavy atom. The summed E-state index contributed by atoms with van der Waals surface area (Å²) >= 11 is 3.16. The van der Waals surface area contributed by atoms with E-state index < -0.39 is 0 Å². The van der Waals surface area contributed by atoms with Crippen molar-refractivity contribution in [2.45, 2.75) is 31.3 Å². The topological polar surface area (TPSA) is 73.3 Å². The second kappa shape index (κ2) is 6.82. The first kappa shape index (κ1) is 17.6. The summed E-state index contributed by atoms with van der Waals surface area (Å²) in [5.74, 6) is -0.635. The molecule has 1 atom stereocenters. The molecular weight excluding hydrogens is 396 g/mol. The lowest BCUT2D eigenvalue weighted by atomic mass is 10.1. The Labute approximate surface area is 169 Å². The maximum absolute atomic E-state index is 13.1. The van der Waals surface area contributed by atoms with E-state index >= 15 is 0 Å². The monoisotopic (exact) mass is 414 g/mol. The minimum Gasteiger partial charge on any atom is -0.312 e. The van der Waals surface area contributed by atoms with Gasteiger partial charge in [-0.15, -0.1) is 22.7 Å². The van der Waals surface area contributed by atoms with E-state index in [1.807, 2.05) is 35.0 Å². The van der Waals surface area contributed by atoms with Crippen LogP contribution in [0.25, 0.3) is 0 Å². The van der Waals surface area contributed by atoms with Gasteiger partial charge in [-0.05, 0) is 35.7 Å². The summed E-state index contributed by atoms with van der Waals surface area (Å²) in [6.45, 7) is -0.182. The number of carbonyl (C=O) groups excluding carboxylic acids is 3. The lowest BCUT2D eigenvalue weighted by Gasteiger charge is -2.23. The highest BCUT2D eigenvalue weighted by molar-refractivity contribution is 7.12. The molecule has 0 bridgehead atoms. The number of rotatable bonds is 5. The fourth-order valence-electron chi connectivity index (χ4n) is 3.63. The molecule has 2 fully saturated rings. The van der Waals surface area contributed by atoms with Crippen LogP contribution in [-0.2, 0) is 9.59 Å². The van der Waals surface area contributed by atoms with E-state index in [2.05, 4.69) is 5.10 Å². The van der Waals surface area contributed by atoms with Crippen molar-refractivity contribution in [3.8, 4) is 0 Å². The largest absolute Gasteiger partial charge is 0.327 e. The van der Waals surface area contributed by atoms with Crippen LogP contribution in [0, 0.1) is 0 Å². The average Bonchev–Trinajstić information content (AvgIpc) is 3.13. The average molecular weight is 415 g/mol. The number of nitrogens with zero attached hydrogens (tertiary/aromatic N) is 4. The van der Waals surface area contributed by atoms with Crippen LogP contribution in [0.2, 0.25) is 0 Å². The van der Waals surface area contributed by atoms with Crippen molar-refractivity contribution in [3.05, 3.63) is 44.8 Å². The third-order valence-electron chi connectivity index (χ3n) is 5.21. The predicted molar refractivity (Wildman–Crippen MR) is 106 cm³/mol. The fraction of sp³-hybridized carbons (Fsp3) is 0.368. The van der Waals surface area contributed by atoms with Crippen LogP contribution in [0.1, 0.15) is 35.1 Å². The number of thiophene rings is 2. The van der Waals surface area contributed by atoms with Gasteiger partial charge >= 0.3 is 6.03 Å². The van der Waals surface area contributed by atoms with Gasteiger partial charge < -0.3 is 4.90 Å². The van der Waals surface area contributed by atoms with Gasteiger partial charge in [-0.2, -0.15) is 5.10 Å². The van der Waals surface area contributed by atoms with Crippen molar-refractivity contribution in [1.29, 1.82) is 0 Å². The Kier molecular flexibility index (Phi) is 4.28. The first-order valence-corrected chi connectivity index (χ1v) is 11.0. The first-order valence-electron chi connectivity index (χ1n) is 9.19. The summed E-state index contributed by atoms with van der Waals surface area (Å²) in [7, 11) is 0. The molecule has 9 heteroatoms. The van der Waals surface area contributed by atoms with Crippen molar-refractivity contribution in [2.75, 3.05) is 13.1 Å². The lowest BCUT2D eigenvalue weighted by Crippen LogP contribution is -2.42. The summed E-state index contributed by atoms with van der Waals surface area (Å²) in [6, 6.07) is 7.50. The van der Waals surface area contributed by atoms with E-state index in [1.165, 1.54) is 5.01 Å². The minimum absolute atomic E-state index is 0.0782. The van der Waals surface area contributed by atoms with Gasteiger partial charge in [0, 0.05) is 17.3 Å². The SMILES string of the molecule is O=C1CN(C2CC2)C(=O)N1CC(=O)N1N=C(c2cccs2)CC1c1cccs1. The second-order valence-corrected chi connectivity index (χ2v) is 9.05. The number of urea groups is 1. The molecule has 144 valence electrons. The molecule has 1 aliphatic carbocycles. The molecule has 2 aromatic heterocycles. The maximum atomic E-state index is 13.1. The Balaban J connectivity index is 1.38. The third-order valence-corrected chi connectivity index (χ3v) is 7.10. The number of hydrogen-bond donors (Lipinski definition) is 0. The molecule has 5 rings (SSSR count). The molecule has 0 N–H and O–H groups in total. The molecule has 4 amide bonds. The summed E-state index contributed by atoms with van der Waals surface area (Å²) in [6.07, 6.45) is 2.49. The van der Waals surface area contributed by atoms with Crippen LogP contribution in [0.3, 0.4) is 0 Å². The van der Waals surface area contributed by atoms with E-state index in [-0.39, 0.29) is 43.0 Å². The molecule has 0 radical (unpaired) electrons. The summed E-state index contributed by atoms with van der Waals surface area (Å²) in [5, 5.41) is 10.00. The van der Waals surface area contributed by atoms with Crippen LogP contribution >= 0.6 is 22.7 Å². The molecular formula is C19H18N4O3S2. The number of imide groups is 1. The highest BCUT2D eigenvalue weighted by Crippen LogP contribution is 2.36. The molecule has 4 heterocycles. The van der Waals surface area contributed by atoms with Gasteiger partial charge in [0.1, 0.15) is 13.1 Å². The van der Waals surface area contributed by atoms with Crippen LogP contribution < -0.4 is 0 Å². The van der Waals surface area contributed by atoms with Crippen molar-refractivity contribution in [2.24, 2.45) is 5.10 Å². The van der Waals surface area contributed by atoms with E-state index in [9.17, 15) is 14.4 Å². The smallest absolute Gasteiger partial charge is 0.312 e. The van der Waals surface area contributed by atoms with Gasteiger partial charge in [0.05, 0.1) is 16.6 Å². The molecule has 7 nitrogen and oxygen atoms in total. The molecule has 1 saturated heterocycles. The lowest BCUT2D eigenvalue weighted by molar-refractivity contribution is -0.137. The number of hydrazone groups is 1. The zero-order valence-corrected chi connectivity index (χ0v) is 16.6. The van der Waals surface area contributed by atoms with Crippen molar-refractivity contribution in [3.63, 3.8) is 0 Å². The van der Waals surface area contributed by atoms with Gasteiger partial charge in [0.25, 0.3) is 11.8 Å². The van der Waals surface area contributed by atoms with Gasteiger partial charge in [0.15, 0.2) is 0 Å². The predicted octanol–water partition coefficient (Wildman–Crippen LogP) is 2.91. The van der Waals surface area contributed by atoms with Crippen LogP contribution in [0.5, 0.6) is 0 Å². The maximum Gasteiger partial charge on any atom is 0.327 e. The van der Waals surface area contributed by atoms with E-state index in [4.69, 9.17) is 0 Å². The van der Waals surface area contributed by atoms with Crippen LogP contribution in [-0.4, -0.2) is 57.5 Å². The van der Waals surface area contributed by atoms with Crippen LogP contribution in [0.4, 0.5) is 4.79 Å². The number of amides is 4. The fourth-order valence-corrected chi connectivity index (χ4v) is 5.16. The zero-order valence-electron chi connectivity index (χ0n) is 15.0. The zero-order chi connectivity index (χ0) is 19.3. The molecule has 3 aliphatic rings. The van der Waals surface area contributed by atoms with E-state index in [0.29, 0.717) is 6.42 Å². The summed E-state index contributed by atoms with van der Waals surface area (Å²) in [5.41, 5.74) is 0.862. The number of carbonyl (C=O) groups is 3. The third kappa shape index (κ3) is 3.04. The van der Waals surface area contributed by atoms with E-state index in [1.54, 1.807) is 27.6 Å². The molecule has 2 aromatic rings. The highest BCUT2D eigenvalue weighted by atomic mass is 32.1. The minimum atomic E-state index is -0.352. The Morgan fingerprint density at radius 1 is 1.14 bits per heavy atom. The van der Waals surface area contributed by atoms with Crippen molar-refractivity contribution >= 4 is 46.2 Å². The molecule has 0 aromatic carbocycles. The molecule has 2 aliphatic heterocycles. The molecule has 1 unspecified atom stereocenters.